The average molecular weight is 358 g/mol. The highest BCUT2D eigenvalue weighted by atomic mass is 35.5. The van der Waals surface area contributed by atoms with Crippen molar-refractivity contribution in [1.29, 1.82) is 0 Å². The Morgan fingerprint density at radius 2 is 1.83 bits per heavy atom. The van der Waals surface area contributed by atoms with Crippen molar-refractivity contribution < 1.29 is 19.1 Å². The topological polar surface area (TPSA) is 79.9 Å². The van der Waals surface area contributed by atoms with E-state index in [0.29, 0.717) is 22.2 Å². The molecule has 2 N–H and O–H groups in total. The molecule has 0 aromatic heterocycles. The standard InChI is InChI=1S/C16H24ClN3O4/c1-10(2)19-16(22)18-6-7-20(11(3)21)13-9-14(23-4)12(17)8-15(13)24-5/h8-10H,6-7H2,1-5H3,(H2,18,19,22). The van der Waals surface area contributed by atoms with Gasteiger partial charge in [0.25, 0.3) is 0 Å². The minimum Gasteiger partial charge on any atom is -0.495 e. The molecular weight excluding hydrogens is 334 g/mol. The predicted octanol–water partition coefficient (Wildman–Crippen LogP) is 2.42. The zero-order chi connectivity index (χ0) is 18.3. The number of urea groups is 1. The van der Waals surface area contributed by atoms with Crippen molar-refractivity contribution in [2.45, 2.75) is 26.8 Å². The van der Waals surface area contributed by atoms with Crippen LogP contribution in [-0.2, 0) is 4.79 Å². The van der Waals surface area contributed by atoms with Crippen LogP contribution in [0, 0.1) is 0 Å². The fourth-order valence-corrected chi connectivity index (χ4v) is 2.33. The van der Waals surface area contributed by atoms with E-state index in [9.17, 15) is 9.59 Å². The minimum atomic E-state index is -0.283. The Morgan fingerprint density at radius 1 is 1.21 bits per heavy atom. The van der Waals surface area contributed by atoms with E-state index < -0.39 is 0 Å². The summed E-state index contributed by atoms with van der Waals surface area (Å²) in [6.45, 7) is 5.74. The first-order valence-corrected chi connectivity index (χ1v) is 7.92. The maximum atomic E-state index is 12.0. The van der Waals surface area contributed by atoms with Gasteiger partial charge in [0, 0.05) is 38.2 Å². The number of carbonyl (C=O) groups is 2. The van der Waals surface area contributed by atoms with Crippen molar-refractivity contribution in [3.8, 4) is 11.5 Å². The molecule has 0 fully saturated rings. The van der Waals surface area contributed by atoms with Gasteiger partial charge in [-0.1, -0.05) is 11.6 Å². The van der Waals surface area contributed by atoms with Crippen LogP contribution in [0.2, 0.25) is 5.02 Å². The average Bonchev–Trinajstić information content (AvgIpc) is 2.50. The number of carbonyl (C=O) groups excluding carboxylic acids is 2. The lowest BCUT2D eigenvalue weighted by Gasteiger charge is -2.24. The lowest BCUT2D eigenvalue weighted by molar-refractivity contribution is -0.116. The second-order valence-corrected chi connectivity index (χ2v) is 5.79. The van der Waals surface area contributed by atoms with Crippen molar-refractivity contribution in [2.75, 3.05) is 32.2 Å². The fraction of sp³-hybridized carbons (Fsp3) is 0.500. The summed E-state index contributed by atoms with van der Waals surface area (Å²) in [6.07, 6.45) is 0. The molecule has 3 amide bonds. The van der Waals surface area contributed by atoms with Gasteiger partial charge in [0.15, 0.2) is 0 Å². The molecule has 0 aliphatic heterocycles. The monoisotopic (exact) mass is 357 g/mol. The van der Waals surface area contributed by atoms with Crippen molar-refractivity contribution in [3.05, 3.63) is 17.2 Å². The molecule has 1 aromatic rings. The number of benzene rings is 1. The Balaban J connectivity index is 2.92. The maximum absolute atomic E-state index is 12.0. The summed E-state index contributed by atoms with van der Waals surface area (Å²) in [4.78, 5) is 25.1. The number of hydrogen-bond acceptors (Lipinski definition) is 4. The van der Waals surface area contributed by atoms with Gasteiger partial charge in [-0.05, 0) is 13.8 Å². The van der Waals surface area contributed by atoms with Crippen LogP contribution in [0.1, 0.15) is 20.8 Å². The van der Waals surface area contributed by atoms with E-state index in [1.807, 2.05) is 13.8 Å². The zero-order valence-corrected chi connectivity index (χ0v) is 15.4. The molecule has 0 unspecified atom stereocenters. The predicted molar refractivity (Wildman–Crippen MR) is 94.3 cm³/mol. The van der Waals surface area contributed by atoms with Gasteiger partial charge in [0.2, 0.25) is 5.91 Å². The first-order valence-electron chi connectivity index (χ1n) is 7.54. The Kier molecular flexibility index (Phi) is 7.64. The molecule has 8 heteroatoms. The molecular formula is C16H24ClN3O4. The van der Waals surface area contributed by atoms with Crippen LogP contribution in [-0.4, -0.2) is 45.3 Å². The van der Waals surface area contributed by atoms with Gasteiger partial charge in [-0.15, -0.1) is 0 Å². The normalized spacial score (nSPS) is 10.3. The summed E-state index contributed by atoms with van der Waals surface area (Å²) in [5.74, 6) is 0.690. The van der Waals surface area contributed by atoms with Crippen molar-refractivity contribution in [3.63, 3.8) is 0 Å². The number of hydrogen-bond donors (Lipinski definition) is 2. The molecule has 134 valence electrons. The number of halogens is 1. The third-order valence-corrected chi connectivity index (χ3v) is 3.46. The van der Waals surface area contributed by atoms with Gasteiger partial charge in [0.1, 0.15) is 11.5 Å². The van der Waals surface area contributed by atoms with Gasteiger partial charge >= 0.3 is 6.03 Å². The largest absolute Gasteiger partial charge is 0.495 e. The van der Waals surface area contributed by atoms with E-state index >= 15 is 0 Å². The van der Waals surface area contributed by atoms with E-state index in [1.54, 1.807) is 12.1 Å². The third-order valence-electron chi connectivity index (χ3n) is 3.16. The molecule has 7 nitrogen and oxygen atoms in total. The van der Waals surface area contributed by atoms with Gasteiger partial charge < -0.3 is 25.0 Å². The van der Waals surface area contributed by atoms with Crippen LogP contribution in [0.5, 0.6) is 11.5 Å². The molecule has 0 aliphatic carbocycles. The van der Waals surface area contributed by atoms with Gasteiger partial charge in [-0.2, -0.15) is 0 Å². The lowest BCUT2D eigenvalue weighted by atomic mass is 10.2. The summed E-state index contributed by atoms with van der Waals surface area (Å²) in [5.41, 5.74) is 0.525. The maximum Gasteiger partial charge on any atom is 0.315 e. The number of rotatable bonds is 7. The molecule has 0 heterocycles. The second kappa shape index (κ2) is 9.22. The quantitative estimate of drug-likeness (QED) is 0.785. The molecule has 1 rings (SSSR count). The van der Waals surface area contributed by atoms with Crippen LogP contribution < -0.4 is 25.0 Å². The second-order valence-electron chi connectivity index (χ2n) is 5.38. The molecule has 24 heavy (non-hydrogen) atoms. The molecule has 0 bridgehead atoms. The number of amides is 3. The van der Waals surface area contributed by atoms with Gasteiger partial charge in [-0.3, -0.25) is 4.79 Å². The Bertz CT molecular complexity index is 593. The number of methoxy groups -OCH3 is 2. The van der Waals surface area contributed by atoms with E-state index in [1.165, 1.54) is 26.0 Å². The van der Waals surface area contributed by atoms with Crippen LogP contribution in [0.4, 0.5) is 10.5 Å². The highest BCUT2D eigenvalue weighted by molar-refractivity contribution is 6.32. The number of nitrogens with one attached hydrogen (secondary N) is 2. The van der Waals surface area contributed by atoms with Crippen molar-refractivity contribution >= 4 is 29.2 Å². The van der Waals surface area contributed by atoms with E-state index in [0.717, 1.165) is 0 Å². The number of nitrogens with zero attached hydrogens (tertiary/aromatic N) is 1. The highest BCUT2D eigenvalue weighted by Gasteiger charge is 2.19. The molecule has 0 saturated carbocycles. The molecule has 0 spiro atoms. The van der Waals surface area contributed by atoms with Crippen LogP contribution in [0.3, 0.4) is 0 Å². The number of anilines is 1. The van der Waals surface area contributed by atoms with E-state index in [-0.39, 0.29) is 31.1 Å². The van der Waals surface area contributed by atoms with E-state index in [4.69, 9.17) is 21.1 Å². The minimum absolute atomic E-state index is 0.0366. The Morgan fingerprint density at radius 3 is 2.33 bits per heavy atom. The van der Waals surface area contributed by atoms with Gasteiger partial charge in [0.05, 0.1) is 24.9 Å². The first kappa shape index (κ1) is 19.9. The Hall–Kier alpha value is -2.15. The molecule has 0 aliphatic rings. The SMILES string of the molecule is COc1cc(N(CCNC(=O)NC(C)C)C(C)=O)c(OC)cc1Cl. The highest BCUT2D eigenvalue weighted by Crippen LogP contribution is 2.38. The summed E-state index contributed by atoms with van der Waals surface area (Å²) in [7, 11) is 2.99. The zero-order valence-electron chi connectivity index (χ0n) is 14.6. The molecule has 0 saturated heterocycles. The third kappa shape index (κ3) is 5.49. The van der Waals surface area contributed by atoms with Gasteiger partial charge in [-0.25, -0.2) is 4.79 Å². The molecule has 1 aromatic carbocycles. The van der Waals surface area contributed by atoms with Crippen LogP contribution in [0.15, 0.2) is 12.1 Å². The smallest absolute Gasteiger partial charge is 0.315 e. The molecule has 0 radical (unpaired) electrons. The van der Waals surface area contributed by atoms with Crippen molar-refractivity contribution in [2.24, 2.45) is 0 Å². The van der Waals surface area contributed by atoms with Crippen LogP contribution >= 0.6 is 11.6 Å². The fourth-order valence-electron chi connectivity index (χ4n) is 2.10. The van der Waals surface area contributed by atoms with Crippen LogP contribution in [0.25, 0.3) is 0 Å². The summed E-state index contributed by atoms with van der Waals surface area (Å²) < 4.78 is 10.5. The number of ether oxygens (including phenoxy) is 2. The first-order chi connectivity index (χ1) is 11.3. The Labute approximate surface area is 147 Å². The summed E-state index contributed by atoms with van der Waals surface area (Å²) >= 11 is 6.09. The van der Waals surface area contributed by atoms with Crippen molar-refractivity contribution in [1.82, 2.24) is 10.6 Å². The van der Waals surface area contributed by atoms with E-state index in [2.05, 4.69) is 10.6 Å². The molecule has 0 atom stereocenters. The lowest BCUT2D eigenvalue weighted by Crippen LogP contribution is -2.43. The summed E-state index contributed by atoms with van der Waals surface area (Å²) in [5, 5.41) is 5.81. The summed E-state index contributed by atoms with van der Waals surface area (Å²) in [6, 6.07) is 2.98.